The molecular weight excluding hydrogens is 344 g/mol. The molecule has 0 amide bonds. The Labute approximate surface area is 91.1 Å². The van der Waals surface area contributed by atoms with Crippen molar-refractivity contribution in [3.8, 4) is 0 Å². The predicted octanol–water partition coefficient (Wildman–Crippen LogP) is 3.95. The Morgan fingerprint density at radius 1 is 1.27 bits per heavy atom. The molecule has 0 saturated carbocycles. The van der Waals surface area contributed by atoms with E-state index in [-0.39, 0.29) is 2.14 Å². The molecular formula is C6H9Br3O2. The molecule has 0 saturated heterocycles. The number of rotatable bonds is 3. The lowest BCUT2D eigenvalue weighted by atomic mass is 10.2. The van der Waals surface area contributed by atoms with Gasteiger partial charge in [-0.25, -0.2) is 0 Å². The summed E-state index contributed by atoms with van der Waals surface area (Å²) in [5.74, 6) is -0.602. The first-order chi connectivity index (χ1) is 4.92. The van der Waals surface area contributed by atoms with Gasteiger partial charge in [-0.3, -0.25) is 0 Å². The molecule has 0 heterocycles. The van der Waals surface area contributed by atoms with Crippen LogP contribution in [-0.4, -0.2) is 12.4 Å². The Morgan fingerprint density at radius 3 is 2.18 bits per heavy atom. The summed E-state index contributed by atoms with van der Waals surface area (Å²) >= 11 is 10.0. The molecule has 2 N–H and O–H groups in total. The van der Waals surface area contributed by atoms with E-state index >= 15 is 0 Å². The third-order valence-electron chi connectivity index (χ3n) is 0.991. The molecule has 0 aromatic rings. The third-order valence-corrected chi connectivity index (χ3v) is 2.18. The molecule has 0 aromatic heterocycles. The van der Waals surface area contributed by atoms with E-state index in [9.17, 15) is 0 Å². The van der Waals surface area contributed by atoms with E-state index in [1.807, 2.05) is 0 Å². The van der Waals surface area contributed by atoms with Crippen LogP contribution in [0.3, 0.4) is 0 Å². The standard InChI is InChI=1S/C6H9Br3O2/c7-6(8,9)4-2-1-3-5(10)11/h3,10-11H,1-2,4H2. The first-order valence-corrected chi connectivity index (χ1v) is 5.44. The summed E-state index contributed by atoms with van der Waals surface area (Å²) in [5.41, 5.74) is 0. The molecule has 0 bridgehead atoms. The monoisotopic (exact) mass is 350 g/mol. The van der Waals surface area contributed by atoms with Gasteiger partial charge in [0.05, 0.1) is 0 Å². The second-order valence-electron chi connectivity index (χ2n) is 2.07. The Balaban J connectivity index is 3.36. The second-order valence-corrected chi connectivity index (χ2v) is 9.32. The minimum absolute atomic E-state index is 0.216. The van der Waals surface area contributed by atoms with E-state index in [1.165, 1.54) is 6.08 Å². The van der Waals surface area contributed by atoms with Gasteiger partial charge in [0.25, 0.3) is 5.95 Å². The van der Waals surface area contributed by atoms with E-state index in [0.717, 1.165) is 12.8 Å². The zero-order chi connectivity index (χ0) is 8.91. The first-order valence-electron chi connectivity index (χ1n) is 3.06. The van der Waals surface area contributed by atoms with Crippen LogP contribution in [-0.2, 0) is 0 Å². The van der Waals surface area contributed by atoms with Crippen molar-refractivity contribution in [2.24, 2.45) is 0 Å². The average molecular weight is 353 g/mol. The van der Waals surface area contributed by atoms with Crippen molar-refractivity contribution in [1.29, 1.82) is 0 Å². The number of aliphatic hydroxyl groups excluding tert-OH is 1. The average Bonchev–Trinajstić information content (AvgIpc) is 1.78. The van der Waals surface area contributed by atoms with Crippen molar-refractivity contribution < 1.29 is 10.2 Å². The minimum Gasteiger partial charge on any atom is -0.481 e. The zero-order valence-corrected chi connectivity index (χ0v) is 10.5. The summed E-state index contributed by atoms with van der Waals surface area (Å²) in [5, 5.41) is 16.7. The van der Waals surface area contributed by atoms with E-state index in [0.29, 0.717) is 6.42 Å². The maximum Gasteiger partial charge on any atom is 0.269 e. The Morgan fingerprint density at radius 2 is 1.82 bits per heavy atom. The number of hydrogen-bond donors (Lipinski definition) is 2. The number of unbranched alkanes of at least 4 members (excludes halogenated alkanes) is 1. The van der Waals surface area contributed by atoms with Crippen LogP contribution in [0.5, 0.6) is 0 Å². The highest BCUT2D eigenvalue weighted by Gasteiger charge is 2.15. The van der Waals surface area contributed by atoms with E-state index in [2.05, 4.69) is 47.8 Å². The molecule has 11 heavy (non-hydrogen) atoms. The summed E-state index contributed by atoms with van der Waals surface area (Å²) in [6.07, 6.45) is 3.76. The number of allylic oxidation sites excluding steroid dienone is 1. The molecule has 0 aliphatic rings. The molecule has 0 unspecified atom stereocenters. The summed E-state index contributed by atoms with van der Waals surface area (Å²) in [7, 11) is 0. The highest BCUT2D eigenvalue weighted by Crippen LogP contribution is 2.38. The van der Waals surface area contributed by atoms with Gasteiger partial charge in [-0.2, -0.15) is 0 Å². The van der Waals surface area contributed by atoms with Crippen LogP contribution in [0.1, 0.15) is 19.3 Å². The highest BCUT2D eigenvalue weighted by molar-refractivity contribution is 9.39. The van der Waals surface area contributed by atoms with Gasteiger partial charge in [-0.05, 0) is 25.3 Å². The molecule has 0 aliphatic carbocycles. The van der Waals surface area contributed by atoms with E-state index in [4.69, 9.17) is 10.2 Å². The van der Waals surface area contributed by atoms with Gasteiger partial charge in [-0.15, -0.1) is 0 Å². The summed E-state index contributed by atoms with van der Waals surface area (Å²) < 4.78 is -0.216. The largest absolute Gasteiger partial charge is 0.481 e. The number of halogens is 3. The number of alkyl halides is 3. The molecule has 0 rings (SSSR count). The van der Waals surface area contributed by atoms with Crippen LogP contribution in [0, 0.1) is 0 Å². The van der Waals surface area contributed by atoms with E-state index < -0.39 is 5.95 Å². The topological polar surface area (TPSA) is 40.5 Å². The van der Waals surface area contributed by atoms with Gasteiger partial charge >= 0.3 is 0 Å². The summed E-state index contributed by atoms with van der Waals surface area (Å²) in [6.45, 7) is 0. The van der Waals surface area contributed by atoms with Crippen LogP contribution in [0.25, 0.3) is 0 Å². The van der Waals surface area contributed by atoms with Crippen LogP contribution in [0.15, 0.2) is 12.0 Å². The van der Waals surface area contributed by atoms with Gasteiger partial charge in [0.15, 0.2) is 0 Å². The van der Waals surface area contributed by atoms with Crippen LogP contribution < -0.4 is 0 Å². The molecule has 5 heteroatoms. The van der Waals surface area contributed by atoms with Crippen molar-refractivity contribution in [1.82, 2.24) is 0 Å². The van der Waals surface area contributed by atoms with Crippen LogP contribution in [0.4, 0.5) is 0 Å². The van der Waals surface area contributed by atoms with Gasteiger partial charge in [-0.1, -0.05) is 47.8 Å². The van der Waals surface area contributed by atoms with E-state index in [1.54, 1.807) is 0 Å². The highest BCUT2D eigenvalue weighted by atomic mass is 80.0. The maximum absolute atomic E-state index is 8.36. The summed E-state index contributed by atoms with van der Waals surface area (Å²) in [4.78, 5) is 0. The van der Waals surface area contributed by atoms with Crippen LogP contribution >= 0.6 is 47.8 Å². The predicted molar refractivity (Wildman–Crippen MR) is 56.7 cm³/mol. The zero-order valence-electron chi connectivity index (χ0n) is 5.73. The lowest BCUT2D eigenvalue weighted by Crippen LogP contribution is -1.97. The Kier molecular flexibility index (Phi) is 5.82. The number of aliphatic hydroxyl groups is 2. The molecule has 0 atom stereocenters. The van der Waals surface area contributed by atoms with Crippen molar-refractivity contribution in [3.05, 3.63) is 12.0 Å². The quantitative estimate of drug-likeness (QED) is 0.458. The fraction of sp³-hybridized carbons (Fsp3) is 0.667. The molecule has 0 spiro atoms. The van der Waals surface area contributed by atoms with Crippen molar-refractivity contribution >= 4 is 47.8 Å². The second kappa shape index (κ2) is 5.43. The SMILES string of the molecule is OC(O)=CCCCC(Br)(Br)Br. The van der Waals surface area contributed by atoms with Crippen molar-refractivity contribution in [2.75, 3.05) is 0 Å². The fourth-order valence-electron chi connectivity index (χ4n) is 0.534. The molecule has 0 aromatic carbocycles. The molecule has 66 valence electrons. The Hall–Kier alpha value is 0.780. The molecule has 2 nitrogen and oxygen atoms in total. The smallest absolute Gasteiger partial charge is 0.269 e. The third kappa shape index (κ3) is 10.8. The first kappa shape index (κ1) is 11.8. The van der Waals surface area contributed by atoms with Gasteiger partial charge in [0, 0.05) is 0 Å². The van der Waals surface area contributed by atoms with Crippen molar-refractivity contribution in [3.63, 3.8) is 0 Å². The summed E-state index contributed by atoms with van der Waals surface area (Å²) in [6, 6.07) is 0. The lowest BCUT2D eigenvalue weighted by molar-refractivity contribution is 0.189. The van der Waals surface area contributed by atoms with Crippen LogP contribution in [0.2, 0.25) is 0 Å². The number of hydrogen-bond acceptors (Lipinski definition) is 2. The fourth-order valence-corrected chi connectivity index (χ4v) is 1.37. The van der Waals surface area contributed by atoms with Gasteiger partial charge < -0.3 is 10.2 Å². The lowest BCUT2D eigenvalue weighted by Gasteiger charge is -2.09. The van der Waals surface area contributed by atoms with Gasteiger partial charge in [0.1, 0.15) is 2.14 Å². The normalized spacial score (nSPS) is 11.2. The molecule has 0 aliphatic heterocycles. The maximum atomic E-state index is 8.36. The van der Waals surface area contributed by atoms with Gasteiger partial charge in [0.2, 0.25) is 0 Å². The molecule has 0 fully saturated rings. The molecule has 0 radical (unpaired) electrons. The Bertz CT molecular complexity index is 135. The minimum atomic E-state index is -0.602. The van der Waals surface area contributed by atoms with Crippen molar-refractivity contribution in [2.45, 2.75) is 21.4 Å².